The van der Waals surface area contributed by atoms with E-state index in [4.69, 9.17) is 5.73 Å². The Labute approximate surface area is 218 Å². The summed E-state index contributed by atoms with van der Waals surface area (Å²) in [5.74, 6) is -0.240. The van der Waals surface area contributed by atoms with E-state index >= 15 is 0 Å². The number of rotatable bonds is 3. The van der Waals surface area contributed by atoms with Gasteiger partial charge >= 0.3 is 0 Å². The van der Waals surface area contributed by atoms with Crippen LogP contribution in [0.4, 0.5) is 17.1 Å². The van der Waals surface area contributed by atoms with Gasteiger partial charge in [-0.1, -0.05) is 24.3 Å². The summed E-state index contributed by atoms with van der Waals surface area (Å²) >= 11 is 4.64. The van der Waals surface area contributed by atoms with Gasteiger partial charge in [-0.05, 0) is 65.9 Å². The number of aromatic amines is 1. The maximum atomic E-state index is 13.4. The first kappa shape index (κ1) is 24.2. The number of phenols is 1. The highest BCUT2D eigenvalue weighted by molar-refractivity contribution is 6.15. The molecule has 0 radical (unpaired) electrons. The van der Waals surface area contributed by atoms with Crippen molar-refractivity contribution in [3.8, 4) is 5.75 Å². The van der Waals surface area contributed by atoms with Crippen molar-refractivity contribution in [2.45, 2.75) is 6.42 Å². The smallest absolute Gasteiger partial charge is 0.274 e. The van der Waals surface area contributed by atoms with Gasteiger partial charge in [-0.25, -0.2) is 0 Å². The first-order valence-corrected chi connectivity index (χ1v) is 12.5. The van der Waals surface area contributed by atoms with Crippen molar-refractivity contribution in [2.75, 3.05) is 28.9 Å². The fraction of sp³-hybridized carbons (Fsp3) is 0.103. The average molecular weight is 513 g/mol. The molecule has 6 rings (SSSR count). The van der Waals surface area contributed by atoms with Crippen molar-refractivity contribution in [3.63, 3.8) is 0 Å². The molecule has 0 saturated carbocycles. The number of nitrogens with one attached hydrogen (secondary N) is 2. The molecule has 2 amide bonds. The maximum absolute atomic E-state index is 13.4. The van der Waals surface area contributed by atoms with Crippen LogP contribution in [-0.2, 0) is 6.42 Å². The molecule has 0 atom stereocenters. The molecule has 7 nitrogen and oxygen atoms in total. The van der Waals surface area contributed by atoms with Crippen LogP contribution < -0.4 is 16.0 Å². The van der Waals surface area contributed by atoms with Gasteiger partial charge in [0.05, 0.1) is 5.69 Å². The second-order valence-corrected chi connectivity index (χ2v) is 8.71. The summed E-state index contributed by atoms with van der Waals surface area (Å²) in [6.45, 7) is 0.542. The Morgan fingerprint density at radius 3 is 2.46 bits per heavy atom. The van der Waals surface area contributed by atoms with E-state index in [0.717, 1.165) is 39.3 Å². The number of benzene rings is 4. The molecule has 8 heteroatoms. The van der Waals surface area contributed by atoms with Crippen LogP contribution >= 0.6 is 11.6 Å². The maximum Gasteiger partial charge on any atom is 0.274 e. The highest BCUT2D eigenvalue weighted by Crippen LogP contribution is 2.40. The van der Waals surface area contributed by atoms with E-state index in [1.807, 2.05) is 36.4 Å². The molecule has 0 spiro atoms. The number of carbonyl (C=O) groups excluding carboxylic acids is 2. The molecule has 0 unspecified atom stereocenters. The number of hydrogen-bond donors (Lipinski definition) is 4. The number of carbonyl (C=O) groups is 2. The number of hydrogen-bond acceptors (Lipinski definition) is 4. The number of nitrogens with two attached hydrogens (primary N) is 1. The van der Waals surface area contributed by atoms with Crippen LogP contribution in [0.25, 0.3) is 21.7 Å². The number of halogens is 1. The summed E-state index contributed by atoms with van der Waals surface area (Å²) in [5.41, 5.74) is 10.5. The van der Waals surface area contributed by atoms with Crippen LogP contribution in [0.1, 0.15) is 26.4 Å². The number of aromatic hydroxyl groups is 1. The van der Waals surface area contributed by atoms with E-state index < -0.39 is 0 Å². The van der Waals surface area contributed by atoms with E-state index in [2.05, 4.69) is 21.9 Å². The van der Waals surface area contributed by atoms with Gasteiger partial charge in [0.1, 0.15) is 11.4 Å². The summed E-state index contributed by atoms with van der Waals surface area (Å²) in [5, 5.41) is 16.0. The first-order chi connectivity index (χ1) is 18.0. The Kier molecular flexibility index (Phi) is 6.46. The van der Waals surface area contributed by atoms with Crippen molar-refractivity contribution >= 4 is 62.2 Å². The zero-order valence-corrected chi connectivity index (χ0v) is 20.8. The van der Waals surface area contributed by atoms with Gasteiger partial charge in [0.2, 0.25) is 0 Å². The van der Waals surface area contributed by atoms with E-state index in [-0.39, 0.29) is 17.6 Å². The van der Waals surface area contributed by atoms with E-state index in [1.54, 1.807) is 47.4 Å². The zero-order valence-electron chi connectivity index (χ0n) is 20.1. The third-order valence-corrected chi connectivity index (χ3v) is 6.51. The minimum absolute atomic E-state index is 0.164. The van der Waals surface area contributed by atoms with Gasteiger partial charge in [0, 0.05) is 52.2 Å². The van der Waals surface area contributed by atoms with E-state index in [1.165, 1.54) is 6.38 Å². The second-order valence-electron chi connectivity index (χ2n) is 8.71. The van der Waals surface area contributed by atoms with Crippen LogP contribution in [0.15, 0.2) is 78.9 Å². The topological polar surface area (TPSA) is 111 Å². The number of alkyl halides is 1. The van der Waals surface area contributed by atoms with Crippen molar-refractivity contribution in [3.05, 3.63) is 95.7 Å². The van der Waals surface area contributed by atoms with Crippen LogP contribution in [0, 0.1) is 0 Å². The number of amides is 2. The van der Waals surface area contributed by atoms with E-state index in [0.29, 0.717) is 29.2 Å². The third-order valence-electron chi connectivity index (χ3n) is 6.51. The fourth-order valence-electron chi connectivity index (χ4n) is 4.77. The number of aromatic nitrogens is 1. The SMILES string of the molecule is CCl.Nc1ccc(C(=O)Nc2ccc3[nH]c(C(=O)N4CCc5c4cc(O)c4ccccc54)cc3c2)cc1. The molecular weight excluding hydrogens is 488 g/mol. The summed E-state index contributed by atoms with van der Waals surface area (Å²) < 4.78 is 0. The molecule has 1 aliphatic heterocycles. The minimum Gasteiger partial charge on any atom is -0.507 e. The van der Waals surface area contributed by atoms with Crippen LogP contribution in [-0.4, -0.2) is 34.8 Å². The highest BCUT2D eigenvalue weighted by Gasteiger charge is 2.29. The predicted octanol–water partition coefficient (Wildman–Crippen LogP) is 5.92. The average Bonchev–Trinajstić information content (AvgIpc) is 3.54. The lowest BCUT2D eigenvalue weighted by atomic mass is 10.0. The number of fused-ring (bicyclic) bond motifs is 4. The number of H-pyrrole nitrogens is 1. The van der Waals surface area contributed by atoms with Gasteiger partial charge in [0.15, 0.2) is 0 Å². The lowest BCUT2D eigenvalue weighted by molar-refractivity contribution is 0.0984. The molecular formula is C29H25ClN4O3. The third kappa shape index (κ3) is 4.45. The molecule has 5 N–H and O–H groups in total. The minimum atomic E-state index is -0.239. The van der Waals surface area contributed by atoms with Crippen LogP contribution in [0.3, 0.4) is 0 Å². The predicted molar refractivity (Wildman–Crippen MR) is 150 cm³/mol. The first-order valence-electron chi connectivity index (χ1n) is 11.7. The normalized spacial score (nSPS) is 12.2. The summed E-state index contributed by atoms with van der Waals surface area (Å²) in [7, 11) is 0. The molecule has 4 aromatic carbocycles. The Morgan fingerprint density at radius 2 is 1.70 bits per heavy atom. The fourth-order valence-corrected chi connectivity index (χ4v) is 4.77. The lowest BCUT2D eigenvalue weighted by Gasteiger charge is -2.17. The molecule has 0 bridgehead atoms. The lowest BCUT2D eigenvalue weighted by Crippen LogP contribution is -2.29. The second kappa shape index (κ2) is 9.87. The Morgan fingerprint density at radius 1 is 0.973 bits per heavy atom. The molecule has 1 aromatic heterocycles. The summed E-state index contributed by atoms with van der Waals surface area (Å²) in [6.07, 6.45) is 2.20. The molecule has 0 aliphatic carbocycles. The van der Waals surface area contributed by atoms with Crippen molar-refractivity contribution in [1.29, 1.82) is 0 Å². The number of nitrogens with zero attached hydrogens (tertiary/aromatic N) is 1. The summed E-state index contributed by atoms with van der Waals surface area (Å²) in [4.78, 5) is 30.9. The standard InChI is InChI=1S/C28H22N4O3.CH3Cl/c29-18-7-5-16(6-8-18)27(34)30-19-9-10-23-17(13-19)14-24(31-23)28(35)32-12-11-21-20-3-1-2-4-22(20)26(33)15-25(21)32;1-2/h1-10,13-15,31,33H,11-12,29H2,(H,30,34);1H3. The van der Waals surface area contributed by atoms with Gasteiger partial charge in [-0.2, -0.15) is 0 Å². The van der Waals surface area contributed by atoms with Crippen LogP contribution in [0.5, 0.6) is 5.75 Å². The van der Waals surface area contributed by atoms with Crippen molar-refractivity contribution < 1.29 is 14.7 Å². The molecule has 2 heterocycles. The molecule has 0 fully saturated rings. The van der Waals surface area contributed by atoms with Gasteiger partial charge in [-0.15, -0.1) is 11.6 Å². The Bertz CT molecular complexity index is 1640. The van der Waals surface area contributed by atoms with Gasteiger partial charge < -0.3 is 26.0 Å². The Hall–Kier alpha value is -4.49. The highest BCUT2D eigenvalue weighted by atomic mass is 35.5. The number of anilines is 3. The van der Waals surface area contributed by atoms with Crippen LogP contribution in [0.2, 0.25) is 0 Å². The number of phenolic OH excluding ortho intramolecular Hbond substituents is 1. The van der Waals surface area contributed by atoms with Gasteiger partial charge in [0.25, 0.3) is 11.8 Å². The monoisotopic (exact) mass is 512 g/mol. The molecule has 1 aliphatic rings. The largest absolute Gasteiger partial charge is 0.507 e. The number of nitrogen functional groups attached to an aromatic ring is 1. The van der Waals surface area contributed by atoms with Gasteiger partial charge in [-0.3, -0.25) is 9.59 Å². The molecule has 186 valence electrons. The van der Waals surface area contributed by atoms with E-state index in [9.17, 15) is 14.7 Å². The zero-order chi connectivity index (χ0) is 26.1. The Balaban J connectivity index is 0.00000137. The molecule has 5 aromatic rings. The van der Waals surface area contributed by atoms with Crippen molar-refractivity contribution in [1.82, 2.24) is 4.98 Å². The molecule has 37 heavy (non-hydrogen) atoms. The van der Waals surface area contributed by atoms with Crippen molar-refractivity contribution in [2.24, 2.45) is 0 Å². The summed E-state index contributed by atoms with van der Waals surface area (Å²) in [6, 6.07) is 23.3. The molecule has 0 saturated heterocycles. The quantitative estimate of drug-likeness (QED) is 0.177.